The van der Waals surface area contributed by atoms with Crippen molar-refractivity contribution in [3.63, 3.8) is 0 Å². The van der Waals surface area contributed by atoms with Gasteiger partial charge in [-0.3, -0.25) is 4.55 Å². The van der Waals surface area contributed by atoms with Crippen LogP contribution < -0.4 is 0 Å². The zero-order chi connectivity index (χ0) is 11.1. The van der Waals surface area contributed by atoms with Crippen molar-refractivity contribution in [2.24, 2.45) is 0 Å². The highest BCUT2D eigenvalue weighted by atomic mass is 32.2. The van der Waals surface area contributed by atoms with Crippen LogP contribution in [0, 0.1) is 0 Å². The average molecular weight is 227 g/mol. The van der Waals surface area contributed by atoms with Crippen LogP contribution in [0.15, 0.2) is 28.8 Å². The molecule has 0 saturated heterocycles. The molecule has 1 N–H and O–H groups in total. The van der Waals surface area contributed by atoms with Crippen LogP contribution in [0.3, 0.4) is 0 Å². The Kier molecular flexibility index (Phi) is 2.24. The fourth-order valence-electron chi connectivity index (χ4n) is 1.34. The van der Waals surface area contributed by atoms with E-state index in [0.717, 1.165) is 0 Å². The third-order valence-electron chi connectivity index (χ3n) is 2.24. The monoisotopic (exact) mass is 227 g/mol. The van der Waals surface area contributed by atoms with Gasteiger partial charge in [-0.05, 0) is 19.1 Å². The maximum atomic E-state index is 10.9. The zero-order valence-electron chi connectivity index (χ0n) is 7.91. The van der Waals surface area contributed by atoms with E-state index in [1.54, 1.807) is 24.3 Å². The van der Waals surface area contributed by atoms with Gasteiger partial charge in [0, 0.05) is 5.39 Å². The summed E-state index contributed by atoms with van der Waals surface area (Å²) in [6.45, 7) is 1.36. The van der Waals surface area contributed by atoms with Gasteiger partial charge in [0.1, 0.15) is 10.9 Å². The minimum absolute atomic E-state index is 0.230. The Bertz CT molecular complexity index is 587. The molecule has 1 unspecified atom stereocenters. The highest BCUT2D eigenvalue weighted by Crippen LogP contribution is 2.27. The molecule has 1 aromatic heterocycles. The Hall–Kier alpha value is -1.40. The molecular weight excluding hydrogens is 218 g/mol. The smallest absolute Gasteiger partial charge is 0.273 e. The number of aromatic nitrogens is 1. The highest BCUT2D eigenvalue weighted by molar-refractivity contribution is 7.86. The second-order valence-corrected chi connectivity index (χ2v) is 4.96. The Morgan fingerprint density at radius 3 is 2.73 bits per heavy atom. The van der Waals surface area contributed by atoms with E-state index in [1.165, 1.54) is 6.92 Å². The van der Waals surface area contributed by atoms with Gasteiger partial charge in [-0.15, -0.1) is 0 Å². The van der Waals surface area contributed by atoms with E-state index in [0.29, 0.717) is 11.0 Å². The van der Waals surface area contributed by atoms with Crippen LogP contribution in [0.1, 0.15) is 17.9 Å². The molecule has 0 aliphatic carbocycles. The first kappa shape index (κ1) is 10.1. The van der Waals surface area contributed by atoms with Gasteiger partial charge in [-0.2, -0.15) is 8.42 Å². The quantitative estimate of drug-likeness (QED) is 0.791. The number of benzene rings is 1. The van der Waals surface area contributed by atoms with Crippen molar-refractivity contribution in [1.29, 1.82) is 0 Å². The Morgan fingerprint density at radius 1 is 1.40 bits per heavy atom. The van der Waals surface area contributed by atoms with E-state index in [-0.39, 0.29) is 5.69 Å². The molecule has 80 valence electrons. The number of rotatable bonds is 2. The summed E-state index contributed by atoms with van der Waals surface area (Å²) >= 11 is 0. The fraction of sp³-hybridized carbons (Fsp3) is 0.222. The molecule has 0 radical (unpaired) electrons. The van der Waals surface area contributed by atoms with E-state index < -0.39 is 15.4 Å². The first-order valence-corrected chi connectivity index (χ1v) is 5.81. The lowest BCUT2D eigenvalue weighted by atomic mass is 10.2. The molecule has 0 bridgehead atoms. The second-order valence-electron chi connectivity index (χ2n) is 3.22. The summed E-state index contributed by atoms with van der Waals surface area (Å²) in [6.07, 6.45) is 0. The molecule has 5 nitrogen and oxygen atoms in total. The molecule has 0 fully saturated rings. The van der Waals surface area contributed by atoms with Crippen molar-refractivity contribution in [2.75, 3.05) is 0 Å². The van der Waals surface area contributed by atoms with Crippen molar-refractivity contribution in [1.82, 2.24) is 5.16 Å². The molecule has 0 spiro atoms. The maximum Gasteiger partial charge on any atom is 0.273 e. The molecule has 0 aliphatic rings. The Morgan fingerprint density at radius 2 is 2.07 bits per heavy atom. The lowest BCUT2D eigenvalue weighted by Crippen LogP contribution is -2.08. The van der Waals surface area contributed by atoms with E-state index >= 15 is 0 Å². The fourth-order valence-corrected chi connectivity index (χ4v) is 1.79. The standard InChI is InChI=1S/C9H9NO4S/c1-6(15(11,12)13)9-7-4-2-3-5-8(7)14-10-9/h2-6H,1H3,(H,11,12,13). The van der Waals surface area contributed by atoms with Crippen LogP contribution in [0.25, 0.3) is 11.0 Å². The summed E-state index contributed by atoms with van der Waals surface area (Å²) in [5.74, 6) is 0. The summed E-state index contributed by atoms with van der Waals surface area (Å²) in [5, 5.41) is 3.16. The van der Waals surface area contributed by atoms with Gasteiger partial charge >= 0.3 is 0 Å². The SMILES string of the molecule is CC(c1noc2ccccc12)S(=O)(=O)O. The lowest BCUT2D eigenvalue weighted by Gasteiger charge is -2.03. The summed E-state index contributed by atoms with van der Waals surface area (Å²) < 4.78 is 35.7. The van der Waals surface area contributed by atoms with Crippen LogP contribution in [0.5, 0.6) is 0 Å². The largest absolute Gasteiger partial charge is 0.356 e. The second kappa shape index (κ2) is 3.32. The number of hydrogen-bond acceptors (Lipinski definition) is 4. The molecule has 0 saturated carbocycles. The predicted octanol–water partition coefficient (Wildman–Crippen LogP) is 1.78. The third kappa shape index (κ3) is 1.73. The molecule has 1 heterocycles. The van der Waals surface area contributed by atoms with Gasteiger partial charge in [0.25, 0.3) is 10.1 Å². The van der Waals surface area contributed by atoms with Crippen LogP contribution in [0.2, 0.25) is 0 Å². The minimum atomic E-state index is -4.14. The molecule has 2 rings (SSSR count). The maximum absolute atomic E-state index is 10.9. The van der Waals surface area contributed by atoms with Crippen molar-refractivity contribution >= 4 is 21.1 Å². The molecule has 2 aromatic rings. The summed E-state index contributed by atoms with van der Waals surface area (Å²) in [7, 11) is -4.14. The molecule has 6 heteroatoms. The number of para-hydroxylation sites is 1. The molecule has 1 atom stereocenters. The first-order chi connectivity index (χ1) is 7.00. The van der Waals surface area contributed by atoms with Crippen LogP contribution in [0.4, 0.5) is 0 Å². The zero-order valence-corrected chi connectivity index (χ0v) is 8.73. The van der Waals surface area contributed by atoms with E-state index in [4.69, 9.17) is 9.08 Å². The van der Waals surface area contributed by atoms with Crippen molar-refractivity contribution in [2.45, 2.75) is 12.2 Å². The molecular formula is C9H9NO4S. The molecule has 15 heavy (non-hydrogen) atoms. The van der Waals surface area contributed by atoms with Crippen molar-refractivity contribution in [3.8, 4) is 0 Å². The van der Waals surface area contributed by atoms with Crippen molar-refractivity contribution in [3.05, 3.63) is 30.0 Å². The number of hydrogen-bond donors (Lipinski definition) is 1. The van der Waals surface area contributed by atoms with Gasteiger partial charge in [-0.25, -0.2) is 0 Å². The van der Waals surface area contributed by atoms with Gasteiger partial charge in [-0.1, -0.05) is 17.3 Å². The predicted molar refractivity (Wildman–Crippen MR) is 54.0 cm³/mol. The van der Waals surface area contributed by atoms with E-state index in [2.05, 4.69) is 5.16 Å². The van der Waals surface area contributed by atoms with Gasteiger partial charge < -0.3 is 4.52 Å². The minimum Gasteiger partial charge on any atom is -0.356 e. The normalized spacial score (nSPS) is 14.3. The Labute approximate surface area is 86.4 Å². The first-order valence-electron chi connectivity index (χ1n) is 4.31. The van der Waals surface area contributed by atoms with E-state index in [9.17, 15) is 8.42 Å². The molecule has 1 aromatic carbocycles. The summed E-state index contributed by atoms with van der Waals surface area (Å²) in [4.78, 5) is 0. The summed E-state index contributed by atoms with van der Waals surface area (Å²) in [5.41, 5.74) is 0.733. The van der Waals surface area contributed by atoms with Crippen LogP contribution in [-0.4, -0.2) is 18.1 Å². The number of fused-ring (bicyclic) bond motifs is 1. The highest BCUT2D eigenvalue weighted by Gasteiger charge is 2.25. The lowest BCUT2D eigenvalue weighted by molar-refractivity contribution is 0.435. The van der Waals surface area contributed by atoms with Crippen LogP contribution >= 0.6 is 0 Å². The van der Waals surface area contributed by atoms with Gasteiger partial charge in [0.2, 0.25) is 0 Å². The van der Waals surface area contributed by atoms with Gasteiger partial charge in [0.05, 0.1) is 0 Å². The Balaban J connectivity index is 2.63. The van der Waals surface area contributed by atoms with E-state index in [1.807, 2.05) is 0 Å². The number of nitrogens with zero attached hydrogens (tertiary/aromatic N) is 1. The van der Waals surface area contributed by atoms with Gasteiger partial charge in [0.15, 0.2) is 5.58 Å². The van der Waals surface area contributed by atoms with Crippen molar-refractivity contribution < 1.29 is 17.5 Å². The molecule has 0 amide bonds. The summed E-state index contributed by atoms with van der Waals surface area (Å²) in [6, 6.07) is 6.89. The third-order valence-corrected chi connectivity index (χ3v) is 3.35. The van der Waals surface area contributed by atoms with Crippen LogP contribution in [-0.2, 0) is 10.1 Å². The molecule has 0 aliphatic heterocycles. The topological polar surface area (TPSA) is 80.4 Å². The average Bonchev–Trinajstić information content (AvgIpc) is 2.58.